The molecule has 1 rings (SSSR count). The number of benzene rings is 1. The van der Waals surface area contributed by atoms with Crippen molar-refractivity contribution >= 4 is 5.91 Å². The molecule has 0 saturated heterocycles. The van der Waals surface area contributed by atoms with E-state index >= 15 is 0 Å². The van der Waals surface area contributed by atoms with Crippen molar-refractivity contribution in [2.75, 3.05) is 33.4 Å². The number of phenolic OH excluding ortho intramolecular Hbond substituents is 1. The third-order valence-corrected chi connectivity index (χ3v) is 2.86. The largest absolute Gasteiger partial charge is 0.504 e. The summed E-state index contributed by atoms with van der Waals surface area (Å²) in [5.74, 6) is 0.609. The fourth-order valence-electron chi connectivity index (χ4n) is 1.79. The van der Waals surface area contributed by atoms with Crippen molar-refractivity contribution in [3.8, 4) is 11.5 Å². The predicted octanol–water partition coefficient (Wildman–Crippen LogP) is 1.03. The van der Waals surface area contributed by atoms with Crippen LogP contribution < -0.4 is 15.4 Å². The van der Waals surface area contributed by atoms with E-state index in [9.17, 15) is 9.90 Å². The van der Waals surface area contributed by atoms with E-state index < -0.39 is 0 Å². The molecule has 0 radical (unpaired) electrons. The van der Waals surface area contributed by atoms with Crippen LogP contribution >= 0.6 is 0 Å². The second-order valence-corrected chi connectivity index (χ2v) is 4.47. The number of ether oxygens (including phenoxy) is 2. The van der Waals surface area contributed by atoms with Gasteiger partial charge in [-0.05, 0) is 13.0 Å². The maximum Gasteiger partial charge on any atom is 0.221 e. The van der Waals surface area contributed by atoms with Crippen molar-refractivity contribution in [2.45, 2.75) is 19.9 Å². The molecule has 0 atom stereocenters. The molecule has 6 nitrogen and oxygen atoms in total. The summed E-state index contributed by atoms with van der Waals surface area (Å²) in [5.41, 5.74) is 0.751. The number of hydrogen-bond acceptors (Lipinski definition) is 5. The number of methoxy groups -OCH3 is 1. The van der Waals surface area contributed by atoms with Gasteiger partial charge < -0.3 is 25.2 Å². The highest BCUT2D eigenvalue weighted by molar-refractivity contribution is 5.76. The van der Waals surface area contributed by atoms with Gasteiger partial charge in [-0.25, -0.2) is 0 Å². The molecule has 0 bridgehead atoms. The van der Waals surface area contributed by atoms with Crippen molar-refractivity contribution in [1.82, 2.24) is 10.6 Å². The number of rotatable bonds is 10. The standard InChI is InChI=1S/C15H24N2O4/c1-3-21-13-6-4-5-12(15(13)19)11-16-8-7-14(18)17-9-10-20-2/h4-6,16,19H,3,7-11H2,1-2H3,(H,17,18). The van der Waals surface area contributed by atoms with Gasteiger partial charge in [0.05, 0.1) is 13.2 Å². The first-order valence-electron chi connectivity index (χ1n) is 7.09. The van der Waals surface area contributed by atoms with Gasteiger partial charge in [-0.1, -0.05) is 12.1 Å². The Bertz CT molecular complexity index is 438. The Morgan fingerprint density at radius 2 is 2.14 bits per heavy atom. The lowest BCUT2D eigenvalue weighted by Gasteiger charge is -2.11. The van der Waals surface area contributed by atoms with E-state index in [4.69, 9.17) is 9.47 Å². The lowest BCUT2D eigenvalue weighted by atomic mass is 10.2. The maximum absolute atomic E-state index is 11.5. The minimum absolute atomic E-state index is 0.0214. The smallest absolute Gasteiger partial charge is 0.221 e. The third-order valence-electron chi connectivity index (χ3n) is 2.86. The van der Waals surface area contributed by atoms with E-state index in [0.717, 1.165) is 5.56 Å². The van der Waals surface area contributed by atoms with E-state index in [1.54, 1.807) is 13.2 Å². The highest BCUT2D eigenvalue weighted by Gasteiger charge is 2.07. The second-order valence-electron chi connectivity index (χ2n) is 4.47. The van der Waals surface area contributed by atoms with Crippen molar-refractivity contribution in [3.05, 3.63) is 23.8 Å². The lowest BCUT2D eigenvalue weighted by Crippen LogP contribution is -2.29. The number of para-hydroxylation sites is 1. The van der Waals surface area contributed by atoms with E-state index in [-0.39, 0.29) is 11.7 Å². The van der Waals surface area contributed by atoms with E-state index in [1.807, 2.05) is 19.1 Å². The van der Waals surface area contributed by atoms with Crippen LogP contribution in [0.25, 0.3) is 0 Å². The van der Waals surface area contributed by atoms with Crippen LogP contribution in [0.4, 0.5) is 0 Å². The Morgan fingerprint density at radius 3 is 2.86 bits per heavy atom. The third kappa shape index (κ3) is 6.46. The normalized spacial score (nSPS) is 10.4. The molecule has 118 valence electrons. The summed E-state index contributed by atoms with van der Waals surface area (Å²) >= 11 is 0. The van der Waals surface area contributed by atoms with Gasteiger partial charge in [0.1, 0.15) is 0 Å². The Kier molecular flexibility index (Phi) is 8.23. The molecule has 1 amide bonds. The van der Waals surface area contributed by atoms with Crippen molar-refractivity contribution in [3.63, 3.8) is 0 Å². The van der Waals surface area contributed by atoms with E-state index in [0.29, 0.717) is 45.0 Å². The van der Waals surface area contributed by atoms with Crippen molar-refractivity contribution in [1.29, 1.82) is 0 Å². The Labute approximate surface area is 125 Å². The van der Waals surface area contributed by atoms with Crippen LogP contribution in [0.3, 0.4) is 0 Å². The summed E-state index contributed by atoms with van der Waals surface area (Å²) < 4.78 is 10.2. The molecule has 0 aliphatic rings. The number of hydrogen-bond donors (Lipinski definition) is 3. The second kappa shape index (κ2) is 10.0. The number of amides is 1. The zero-order chi connectivity index (χ0) is 15.5. The predicted molar refractivity (Wildman–Crippen MR) is 80.5 cm³/mol. The molecule has 6 heteroatoms. The average molecular weight is 296 g/mol. The zero-order valence-electron chi connectivity index (χ0n) is 12.6. The summed E-state index contributed by atoms with van der Waals surface area (Å²) in [4.78, 5) is 11.5. The number of carbonyl (C=O) groups excluding carboxylic acids is 1. The quantitative estimate of drug-likeness (QED) is 0.562. The fraction of sp³-hybridized carbons (Fsp3) is 0.533. The number of phenols is 1. The summed E-state index contributed by atoms with van der Waals surface area (Å²) in [6.45, 7) is 4.43. The Morgan fingerprint density at radius 1 is 1.33 bits per heavy atom. The van der Waals surface area contributed by atoms with E-state index in [1.165, 1.54) is 0 Å². The fourth-order valence-corrected chi connectivity index (χ4v) is 1.79. The lowest BCUT2D eigenvalue weighted by molar-refractivity contribution is -0.121. The molecule has 0 saturated carbocycles. The topological polar surface area (TPSA) is 79.8 Å². The first kappa shape index (κ1) is 17.3. The molecule has 1 aromatic carbocycles. The van der Waals surface area contributed by atoms with Crippen molar-refractivity contribution < 1.29 is 19.4 Å². The molecular weight excluding hydrogens is 272 g/mol. The molecule has 3 N–H and O–H groups in total. The highest BCUT2D eigenvalue weighted by atomic mass is 16.5. The Hall–Kier alpha value is -1.79. The molecular formula is C15H24N2O4. The Balaban J connectivity index is 2.29. The monoisotopic (exact) mass is 296 g/mol. The van der Waals surface area contributed by atoms with Crippen LogP contribution in [0.2, 0.25) is 0 Å². The molecule has 0 aliphatic carbocycles. The minimum atomic E-state index is -0.0214. The van der Waals surface area contributed by atoms with Crippen LogP contribution in [-0.2, 0) is 16.1 Å². The minimum Gasteiger partial charge on any atom is -0.504 e. The highest BCUT2D eigenvalue weighted by Crippen LogP contribution is 2.29. The molecule has 0 spiro atoms. The molecule has 0 heterocycles. The summed E-state index contributed by atoms with van der Waals surface area (Å²) in [6.07, 6.45) is 0.385. The van der Waals surface area contributed by atoms with Gasteiger partial charge in [0.25, 0.3) is 0 Å². The molecule has 1 aromatic rings. The van der Waals surface area contributed by atoms with Crippen LogP contribution in [0.15, 0.2) is 18.2 Å². The first-order chi connectivity index (χ1) is 10.2. The number of nitrogens with one attached hydrogen (secondary N) is 2. The van der Waals surface area contributed by atoms with Gasteiger partial charge in [0, 0.05) is 38.7 Å². The molecule has 0 aliphatic heterocycles. The van der Waals surface area contributed by atoms with E-state index in [2.05, 4.69) is 10.6 Å². The molecule has 0 aromatic heterocycles. The summed E-state index contributed by atoms with van der Waals surface area (Å²) in [6, 6.07) is 5.38. The maximum atomic E-state index is 11.5. The van der Waals surface area contributed by atoms with Gasteiger partial charge in [-0.15, -0.1) is 0 Å². The molecule has 21 heavy (non-hydrogen) atoms. The van der Waals surface area contributed by atoms with Gasteiger partial charge in [0.2, 0.25) is 5.91 Å². The van der Waals surface area contributed by atoms with Crippen molar-refractivity contribution in [2.24, 2.45) is 0 Å². The van der Waals surface area contributed by atoms with Crippen LogP contribution in [-0.4, -0.2) is 44.4 Å². The molecule has 0 fully saturated rings. The zero-order valence-corrected chi connectivity index (χ0v) is 12.6. The SMILES string of the molecule is CCOc1cccc(CNCCC(=O)NCCOC)c1O. The van der Waals surface area contributed by atoms with Crippen LogP contribution in [0.5, 0.6) is 11.5 Å². The number of aromatic hydroxyl groups is 1. The van der Waals surface area contributed by atoms with Gasteiger partial charge in [-0.3, -0.25) is 4.79 Å². The summed E-state index contributed by atoms with van der Waals surface area (Å²) in [7, 11) is 1.59. The first-order valence-corrected chi connectivity index (χ1v) is 7.09. The summed E-state index contributed by atoms with van der Waals surface area (Å²) in [5, 5.41) is 15.9. The average Bonchev–Trinajstić information content (AvgIpc) is 2.47. The van der Waals surface area contributed by atoms with Gasteiger partial charge in [0.15, 0.2) is 11.5 Å². The van der Waals surface area contributed by atoms with Crippen LogP contribution in [0, 0.1) is 0 Å². The van der Waals surface area contributed by atoms with Gasteiger partial charge >= 0.3 is 0 Å². The van der Waals surface area contributed by atoms with Gasteiger partial charge in [-0.2, -0.15) is 0 Å². The van der Waals surface area contributed by atoms with Crippen LogP contribution in [0.1, 0.15) is 18.9 Å². The number of carbonyl (C=O) groups is 1. The molecule has 0 unspecified atom stereocenters.